The Morgan fingerprint density at radius 2 is 1.65 bits per heavy atom. The first kappa shape index (κ1) is 15.0. The van der Waals surface area contributed by atoms with Crippen LogP contribution in [-0.4, -0.2) is 0 Å². The third-order valence-electron chi connectivity index (χ3n) is 2.82. The summed E-state index contributed by atoms with van der Waals surface area (Å²) < 4.78 is 39.9. The molecule has 106 valence electrons. The second-order valence-electron chi connectivity index (χ2n) is 4.25. The topological polar surface area (TPSA) is 12.0 Å². The lowest BCUT2D eigenvalue weighted by atomic mass is 10.1. The first-order valence-corrected chi connectivity index (χ1v) is 6.50. The zero-order valence-electron chi connectivity index (χ0n) is 10.4. The number of rotatable bonds is 3. The smallest absolute Gasteiger partial charge is 0.164 e. The Balaban J connectivity index is 2.33. The van der Waals surface area contributed by atoms with Crippen molar-refractivity contribution in [2.45, 2.75) is 13.0 Å². The second-order valence-corrected chi connectivity index (χ2v) is 5.07. The molecular weight excluding hydrogens is 310 g/mol. The minimum atomic E-state index is -0.943. The van der Waals surface area contributed by atoms with Crippen molar-refractivity contribution in [2.24, 2.45) is 0 Å². The van der Waals surface area contributed by atoms with Crippen LogP contribution in [0.2, 0.25) is 10.0 Å². The zero-order chi connectivity index (χ0) is 14.9. The first-order valence-electron chi connectivity index (χ1n) is 5.75. The van der Waals surface area contributed by atoms with E-state index < -0.39 is 23.5 Å². The van der Waals surface area contributed by atoms with Gasteiger partial charge in [0.1, 0.15) is 5.82 Å². The van der Waals surface area contributed by atoms with E-state index in [1.807, 2.05) is 0 Å². The molecule has 1 atom stereocenters. The van der Waals surface area contributed by atoms with E-state index in [1.54, 1.807) is 6.92 Å². The number of halogens is 5. The molecule has 1 unspecified atom stereocenters. The zero-order valence-corrected chi connectivity index (χ0v) is 11.9. The van der Waals surface area contributed by atoms with E-state index in [1.165, 1.54) is 12.1 Å². The fourth-order valence-corrected chi connectivity index (χ4v) is 2.40. The van der Waals surface area contributed by atoms with Gasteiger partial charge in [-0.05, 0) is 25.1 Å². The molecule has 0 saturated heterocycles. The van der Waals surface area contributed by atoms with Crippen LogP contribution in [0.25, 0.3) is 0 Å². The van der Waals surface area contributed by atoms with Crippen molar-refractivity contribution in [3.05, 3.63) is 63.4 Å². The minimum Gasteiger partial charge on any atom is -0.376 e. The summed E-state index contributed by atoms with van der Waals surface area (Å²) in [7, 11) is 0. The SMILES string of the molecule is CC(Nc1c(Cl)cc(F)cc1Cl)c1cccc(F)c1F. The van der Waals surface area contributed by atoms with Gasteiger partial charge in [0.25, 0.3) is 0 Å². The molecule has 6 heteroatoms. The monoisotopic (exact) mass is 319 g/mol. The summed E-state index contributed by atoms with van der Waals surface area (Å²) in [5.74, 6) is -2.45. The molecule has 0 aliphatic heterocycles. The number of hydrogen-bond donors (Lipinski definition) is 1. The van der Waals surface area contributed by atoms with E-state index in [9.17, 15) is 13.2 Å². The van der Waals surface area contributed by atoms with Crippen molar-refractivity contribution in [1.82, 2.24) is 0 Å². The highest BCUT2D eigenvalue weighted by molar-refractivity contribution is 6.39. The summed E-state index contributed by atoms with van der Waals surface area (Å²) in [6.07, 6.45) is 0. The number of nitrogens with one attached hydrogen (secondary N) is 1. The Morgan fingerprint density at radius 1 is 1.05 bits per heavy atom. The predicted molar refractivity (Wildman–Crippen MR) is 74.8 cm³/mol. The molecule has 0 spiro atoms. The van der Waals surface area contributed by atoms with E-state index in [-0.39, 0.29) is 21.3 Å². The molecule has 0 radical (unpaired) electrons. The Labute approximate surface area is 124 Å². The molecule has 0 bridgehead atoms. The van der Waals surface area contributed by atoms with Crippen molar-refractivity contribution in [1.29, 1.82) is 0 Å². The molecule has 0 heterocycles. The Kier molecular flexibility index (Phi) is 4.45. The summed E-state index contributed by atoms with van der Waals surface area (Å²) >= 11 is 11.8. The standard InChI is InChI=1S/C14H10Cl2F3N/c1-7(9-3-2-4-12(18)13(9)19)20-14-10(15)5-8(17)6-11(14)16/h2-7,20H,1H3. The van der Waals surface area contributed by atoms with E-state index in [0.717, 1.165) is 18.2 Å². The number of benzene rings is 2. The summed E-state index contributed by atoms with van der Waals surface area (Å²) in [6.45, 7) is 1.62. The van der Waals surface area contributed by atoms with Gasteiger partial charge in [0, 0.05) is 5.56 Å². The van der Waals surface area contributed by atoms with Gasteiger partial charge >= 0.3 is 0 Å². The van der Waals surface area contributed by atoms with Crippen LogP contribution < -0.4 is 5.32 Å². The molecule has 0 saturated carbocycles. The van der Waals surface area contributed by atoms with Gasteiger partial charge in [0.2, 0.25) is 0 Å². The largest absolute Gasteiger partial charge is 0.376 e. The average Bonchev–Trinajstić information content (AvgIpc) is 2.36. The second kappa shape index (κ2) is 5.94. The van der Waals surface area contributed by atoms with Crippen molar-refractivity contribution < 1.29 is 13.2 Å². The highest BCUT2D eigenvalue weighted by Crippen LogP contribution is 2.34. The maximum absolute atomic E-state index is 13.7. The van der Waals surface area contributed by atoms with E-state index in [4.69, 9.17) is 23.2 Å². The lowest BCUT2D eigenvalue weighted by molar-refractivity contribution is 0.494. The van der Waals surface area contributed by atoms with Crippen LogP contribution in [-0.2, 0) is 0 Å². The summed E-state index contributed by atoms with van der Waals surface area (Å²) in [6, 6.07) is 5.46. The van der Waals surface area contributed by atoms with Gasteiger partial charge in [-0.2, -0.15) is 0 Å². The van der Waals surface area contributed by atoms with E-state index >= 15 is 0 Å². The Hall–Kier alpha value is -1.39. The Morgan fingerprint density at radius 3 is 2.25 bits per heavy atom. The number of anilines is 1. The van der Waals surface area contributed by atoms with Crippen LogP contribution in [0.3, 0.4) is 0 Å². The van der Waals surface area contributed by atoms with Crippen LogP contribution in [0.15, 0.2) is 30.3 Å². The third-order valence-corrected chi connectivity index (χ3v) is 3.41. The maximum Gasteiger partial charge on any atom is 0.164 e. The molecule has 1 nitrogen and oxygen atoms in total. The lowest BCUT2D eigenvalue weighted by Gasteiger charge is -2.18. The van der Waals surface area contributed by atoms with E-state index in [2.05, 4.69) is 5.32 Å². The minimum absolute atomic E-state index is 0.0682. The number of hydrogen-bond acceptors (Lipinski definition) is 1. The van der Waals surface area contributed by atoms with E-state index in [0.29, 0.717) is 0 Å². The van der Waals surface area contributed by atoms with Crippen molar-refractivity contribution >= 4 is 28.9 Å². The van der Waals surface area contributed by atoms with Crippen LogP contribution in [0.4, 0.5) is 18.9 Å². The van der Waals surface area contributed by atoms with Crippen molar-refractivity contribution in [3.8, 4) is 0 Å². The summed E-state index contributed by atoms with van der Waals surface area (Å²) in [5.41, 5.74) is 0.396. The first-order chi connectivity index (χ1) is 9.40. The normalized spacial score (nSPS) is 12.3. The van der Waals surface area contributed by atoms with Gasteiger partial charge in [-0.25, -0.2) is 13.2 Å². The molecule has 0 aliphatic carbocycles. The third kappa shape index (κ3) is 3.02. The molecule has 1 N–H and O–H groups in total. The van der Waals surface area contributed by atoms with Crippen molar-refractivity contribution in [2.75, 3.05) is 5.32 Å². The molecule has 2 aromatic rings. The Bertz CT molecular complexity index is 623. The van der Waals surface area contributed by atoms with Gasteiger partial charge in [-0.1, -0.05) is 35.3 Å². The van der Waals surface area contributed by atoms with Gasteiger partial charge < -0.3 is 5.32 Å². The summed E-state index contributed by atoms with van der Waals surface area (Å²) in [4.78, 5) is 0. The van der Waals surface area contributed by atoms with Crippen molar-refractivity contribution in [3.63, 3.8) is 0 Å². The van der Waals surface area contributed by atoms with Crippen LogP contribution >= 0.6 is 23.2 Å². The average molecular weight is 320 g/mol. The molecule has 0 amide bonds. The maximum atomic E-state index is 13.7. The molecule has 2 rings (SSSR count). The predicted octanol–water partition coefficient (Wildman–Crippen LogP) is 5.58. The van der Waals surface area contributed by atoms with Crippen LogP contribution in [0.5, 0.6) is 0 Å². The highest BCUT2D eigenvalue weighted by Gasteiger charge is 2.17. The fourth-order valence-electron chi connectivity index (χ4n) is 1.83. The fraction of sp³-hybridized carbons (Fsp3) is 0.143. The van der Waals surface area contributed by atoms with Gasteiger partial charge in [0.15, 0.2) is 11.6 Å². The summed E-state index contributed by atoms with van der Waals surface area (Å²) in [5, 5.41) is 2.99. The molecule has 2 aromatic carbocycles. The van der Waals surface area contributed by atoms with Crippen LogP contribution in [0, 0.1) is 17.5 Å². The van der Waals surface area contributed by atoms with Gasteiger partial charge in [0.05, 0.1) is 21.8 Å². The lowest BCUT2D eigenvalue weighted by Crippen LogP contribution is -2.10. The molecule has 0 fully saturated rings. The highest BCUT2D eigenvalue weighted by atomic mass is 35.5. The van der Waals surface area contributed by atoms with Gasteiger partial charge in [-0.3, -0.25) is 0 Å². The molecular formula is C14H10Cl2F3N. The molecule has 0 aromatic heterocycles. The van der Waals surface area contributed by atoms with Crippen LogP contribution in [0.1, 0.15) is 18.5 Å². The molecule has 20 heavy (non-hydrogen) atoms. The quantitative estimate of drug-likeness (QED) is 0.778. The van der Waals surface area contributed by atoms with Gasteiger partial charge in [-0.15, -0.1) is 0 Å². The molecule has 0 aliphatic rings.